The molecule has 1 aromatic rings. The monoisotopic (exact) mass is 355 g/mol. The van der Waals surface area contributed by atoms with Crippen LogP contribution in [0.3, 0.4) is 0 Å². The first-order valence-corrected chi connectivity index (χ1v) is 8.66. The normalized spacial score (nSPS) is 26.8. The summed E-state index contributed by atoms with van der Waals surface area (Å²) in [5.41, 5.74) is -0.906. The number of nitrogens with one attached hydrogen (secondary N) is 1. The van der Waals surface area contributed by atoms with Crippen LogP contribution in [0.2, 0.25) is 0 Å². The Morgan fingerprint density at radius 2 is 1.88 bits per heavy atom. The lowest BCUT2D eigenvalue weighted by Crippen LogP contribution is -2.47. The highest BCUT2D eigenvalue weighted by molar-refractivity contribution is 5.79. The molecule has 4 heterocycles. The number of aromatic nitrogens is 2. The van der Waals surface area contributed by atoms with Gasteiger partial charge in [-0.15, -0.1) is 0 Å². The number of halogens is 3. The molecule has 1 aromatic heterocycles. The van der Waals surface area contributed by atoms with Gasteiger partial charge in [-0.25, -0.2) is 4.98 Å². The summed E-state index contributed by atoms with van der Waals surface area (Å²) < 4.78 is 39.9. The molecule has 2 atom stereocenters. The fraction of sp³-hybridized carbons (Fsp3) is 0.688. The van der Waals surface area contributed by atoms with Crippen molar-refractivity contribution >= 4 is 17.7 Å². The molecule has 3 saturated heterocycles. The van der Waals surface area contributed by atoms with Crippen molar-refractivity contribution in [3.8, 4) is 0 Å². The molecule has 9 heteroatoms. The van der Waals surface area contributed by atoms with Crippen LogP contribution in [-0.2, 0) is 11.0 Å². The molecule has 3 fully saturated rings. The molecule has 25 heavy (non-hydrogen) atoms. The van der Waals surface area contributed by atoms with Crippen molar-refractivity contribution in [3.05, 3.63) is 11.8 Å². The van der Waals surface area contributed by atoms with Crippen molar-refractivity contribution in [2.45, 2.75) is 37.9 Å². The highest BCUT2D eigenvalue weighted by Crippen LogP contribution is 2.34. The van der Waals surface area contributed by atoms with Gasteiger partial charge in [0, 0.05) is 44.7 Å². The van der Waals surface area contributed by atoms with Crippen LogP contribution in [0.15, 0.2) is 6.07 Å². The predicted octanol–water partition coefficient (Wildman–Crippen LogP) is 1.81. The third-order valence-electron chi connectivity index (χ3n) is 5.25. The third-order valence-corrected chi connectivity index (χ3v) is 5.25. The summed E-state index contributed by atoms with van der Waals surface area (Å²) in [4.78, 5) is 23.4. The SMILES string of the molecule is O=C1C[C@H]2CCN(c3cc(C(F)(F)F)nc(N4CCCC4)n3)C[C@H]2N1. The maximum absolute atomic E-state index is 13.3. The van der Waals surface area contributed by atoms with Crippen LogP contribution in [0.5, 0.6) is 0 Å². The Labute approximate surface area is 143 Å². The molecule has 136 valence electrons. The highest BCUT2D eigenvalue weighted by atomic mass is 19.4. The molecule has 0 saturated carbocycles. The summed E-state index contributed by atoms with van der Waals surface area (Å²) in [6.07, 6.45) is -1.35. The second kappa shape index (κ2) is 6.03. The standard InChI is InChI=1S/C16H20F3N5O/c17-16(18,19)12-8-13(22-15(21-12)23-4-1-2-5-23)24-6-3-10-7-14(25)20-11(10)9-24/h8,10-11H,1-7,9H2,(H,20,25)/t10-,11-/m1/s1. The lowest BCUT2D eigenvalue weighted by molar-refractivity contribution is -0.141. The van der Waals surface area contributed by atoms with Gasteiger partial charge < -0.3 is 15.1 Å². The second-order valence-corrected chi connectivity index (χ2v) is 6.98. The van der Waals surface area contributed by atoms with Gasteiger partial charge in [-0.3, -0.25) is 4.79 Å². The Morgan fingerprint density at radius 3 is 2.60 bits per heavy atom. The van der Waals surface area contributed by atoms with E-state index in [1.54, 1.807) is 0 Å². The number of hydrogen-bond acceptors (Lipinski definition) is 5. The number of rotatable bonds is 2. The molecule has 3 aliphatic rings. The van der Waals surface area contributed by atoms with E-state index in [0.29, 0.717) is 38.4 Å². The molecule has 0 radical (unpaired) electrons. The average molecular weight is 355 g/mol. The minimum Gasteiger partial charge on any atom is -0.354 e. The van der Waals surface area contributed by atoms with E-state index in [1.807, 2.05) is 9.80 Å². The quantitative estimate of drug-likeness (QED) is 0.877. The van der Waals surface area contributed by atoms with Gasteiger partial charge in [0.15, 0.2) is 5.69 Å². The van der Waals surface area contributed by atoms with Crippen LogP contribution in [-0.4, -0.2) is 48.1 Å². The zero-order chi connectivity index (χ0) is 17.6. The van der Waals surface area contributed by atoms with E-state index in [9.17, 15) is 18.0 Å². The van der Waals surface area contributed by atoms with Crippen molar-refractivity contribution in [2.24, 2.45) is 5.92 Å². The Bertz CT molecular complexity index is 674. The van der Waals surface area contributed by atoms with E-state index in [4.69, 9.17) is 0 Å². The van der Waals surface area contributed by atoms with E-state index < -0.39 is 11.9 Å². The minimum atomic E-state index is -4.51. The van der Waals surface area contributed by atoms with Gasteiger partial charge in [0.2, 0.25) is 11.9 Å². The molecule has 6 nitrogen and oxygen atoms in total. The zero-order valence-electron chi connectivity index (χ0n) is 13.7. The van der Waals surface area contributed by atoms with E-state index >= 15 is 0 Å². The van der Waals surface area contributed by atoms with Gasteiger partial charge in [0.05, 0.1) is 0 Å². The summed E-state index contributed by atoms with van der Waals surface area (Å²) in [6, 6.07) is 1.01. The number of anilines is 2. The van der Waals surface area contributed by atoms with E-state index in [2.05, 4.69) is 15.3 Å². The third kappa shape index (κ3) is 3.23. The van der Waals surface area contributed by atoms with Crippen molar-refractivity contribution in [3.63, 3.8) is 0 Å². The van der Waals surface area contributed by atoms with Crippen LogP contribution in [0, 0.1) is 5.92 Å². The molecule has 1 amide bonds. The number of fused-ring (bicyclic) bond motifs is 1. The Hall–Kier alpha value is -2.06. The maximum atomic E-state index is 13.3. The Morgan fingerprint density at radius 1 is 1.12 bits per heavy atom. The topological polar surface area (TPSA) is 61.4 Å². The van der Waals surface area contributed by atoms with Gasteiger partial charge in [-0.1, -0.05) is 0 Å². The van der Waals surface area contributed by atoms with Gasteiger partial charge in [-0.2, -0.15) is 18.2 Å². The summed E-state index contributed by atoms with van der Waals surface area (Å²) in [6.45, 7) is 2.46. The first-order chi connectivity index (χ1) is 11.9. The van der Waals surface area contributed by atoms with Crippen molar-refractivity contribution in [1.29, 1.82) is 0 Å². The van der Waals surface area contributed by atoms with Crippen LogP contribution < -0.4 is 15.1 Å². The molecular weight excluding hydrogens is 335 g/mol. The van der Waals surface area contributed by atoms with Crippen LogP contribution in [0.4, 0.5) is 24.9 Å². The first-order valence-electron chi connectivity index (χ1n) is 8.66. The number of nitrogens with zero attached hydrogens (tertiary/aromatic N) is 4. The lowest BCUT2D eigenvalue weighted by atomic mass is 9.92. The molecule has 3 aliphatic heterocycles. The maximum Gasteiger partial charge on any atom is 0.433 e. The largest absolute Gasteiger partial charge is 0.433 e. The molecule has 0 unspecified atom stereocenters. The van der Waals surface area contributed by atoms with E-state index in [0.717, 1.165) is 25.3 Å². The molecule has 0 bridgehead atoms. The molecule has 1 N–H and O–H groups in total. The lowest BCUT2D eigenvalue weighted by Gasteiger charge is -2.35. The zero-order valence-corrected chi connectivity index (χ0v) is 13.7. The summed E-state index contributed by atoms with van der Waals surface area (Å²) in [5.74, 6) is 0.739. The van der Waals surface area contributed by atoms with Crippen molar-refractivity contribution < 1.29 is 18.0 Å². The van der Waals surface area contributed by atoms with Crippen LogP contribution in [0.25, 0.3) is 0 Å². The van der Waals surface area contributed by atoms with Gasteiger partial charge in [0.25, 0.3) is 0 Å². The Balaban J connectivity index is 1.64. The summed E-state index contributed by atoms with van der Waals surface area (Å²) in [7, 11) is 0. The first kappa shape index (κ1) is 16.4. The van der Waals surface area contributed by atoms with Crippen LogP contribution >= 0.6 is 0 Å². The van der Waals surface area contributed by atoms with Crippen molar-refractivity contribution in [2.75, 3.05) is 36.0 Å². The smallest absolute Gasteiger partial charge is 0.354 e. The van der Waals surface area contributed by atoms with E-state index in [-0.39, 0.29) is 23.8 Å². The molecule has 0 spiro atoms. The highest BCUT2D eigenvalue weighted by Gasteiger charge is 2.39. The van der Waals surface area contributed by atoms with Crippen molar-refractivity contribution in [1.82, 2.24) is 15.3 Å². The summed E-state index contributed by atoms with van der Waals surface area (Å²) in [5, 5.41) is 2.91. The fourth-order valence-corrected chi connectivity index (χ4v) is 3.91. The number of piperidine rings is 1. The fourth-order valence-electron chi connectivity index (χ4n) is 3.91. The molecule has 4 rings (SSSR count). The number of alkyl halides is 3. The van der Waals surface area contributed by atoms with Crippen LogP contribution in [0.1, 0.15) is 31.4 Å². The Kier molecular flexibility index (Phi) is 3.96. The van der Waals surface area contributed by atoms with Gasteiger partial charge >= 0.3 is 6.18 Å². The molecule has 0 aliphatic carbocycles. The van der Waals surface area contributed by atoms with Gasteiger partial charge in [0.1, 0.15) is 5.82 Å². The number of carbonyl (C=O) groups is 1. The summed E-state index contributed by atoms with van der Waals surface area (Å²) >= 11 is 0. The number of hydrogen-bond donors (Lipinski definition) is 1. The average Bonchev–Trinajstić information content (AvgIpc) is 3.21. The predicted molar refractivity (Wildman–Crippen MR) is 85.3 cm³/mol. The van der Waals surface area contributed by atoms with E-state index in [1.165, 1.54) is 0 Å². The molecule has 0 aromatic carbocycles. The number of carbonyl (C=O) groups excluding carboxylic acids is 1. The van der Waals surface area contributed by atoms with Gasteiger partial charge in [-0.05, 0) is 25.2 Å². The minimum absolute atomic E-state index is 0.0132. The number of amides is 1. The molecular formula is C16H20F3N5O. The second-order valence-electron chi connectivity index (χ2n) is 6.98.